The van der Waals surface area contributed by atoms with Crippen molar-refractivity contribution in [1.29, 1.82) is 0 Å². The van der Waals surface area contributed by atoms with Crippen LogP contribution in [0.25, 0.3) is 0 Å². The van der Waals surface area contributed by atoms with Gasteiger partial charge in [-0.3, -0.25) is 0 Å². The molecule has 1 unspecified atom stereocenters. The van der Waals surface area contributed by atoms with E-state index in [4.69, 9.17) is 0 Å². The van der Waals surface area contributed by atoms with Crippen LogP contribution in [-0.4, -0.2) is 19.6 Å². The van der Waals surface area contributed by atoms with Gasteiger partial charge in [0.1, 0.15) is 0 Å². The summed E-state index contributed by atoms with van der Waals surface area (Å²) in [5.41, 5.74) is 4.48. The molecule has 0 spiro atoms. The van der Waals surface area contributed by atoms with Gasteiger partial charge in [-0.25, -0.2) is 0 Å². The second-order valence-electron chi connectivity index (χ2n) is 6.14. The summed E-state index contributed by atoms with van der Waals surface area (Å²) in [4.78, 5) is 2.59. The number of nitrogens with one attached hydrogen (secondary N) is 1. The lowest BCUT2D eigenvalue weighted by Gasteiger charge is -2.20. The van der Waals surface area contributed by atoms with Crippen molar-refractivity contribution in [2.75, 3.05) is 24.5 Å². The molecule has 2 heteroatoms. The Labute approximate surface area is 117 Å². The van der Waals surface area contributed by atoms with Gasteiger partial charge in [0, 0.05) is 24.8 Å². The first-order valence-corrected chi connectivity index (χ1v) is 7.89. The zero-order valence-corrected chi connectivity index (χ0v) is 12.3. The van der Waals surface area contributed by atoms with E-state index in [2.05, 4.69) is 42.3 Å². The van der Waals surface area contributed by atoms with E-state index in [1.807, 2.05) is 0 Å². The lowest BCUT2D eigenvalue weighted by Crippen LogP contribution is -2.22. The summed E-state index contributed by atoms with van der Waals surface area (Å²) in [6.07, 6.45) is 5.57. The third-order valence-corrected chi connectivity index (χ3v) is 4.61. The van der Waals surface area contributed by atoms with Crippen LogP contribution in [0.15, 0.2) is 18.2 Å². The zero-order valence-electron chi connectivity index (χ0n) is 12.3. The first-order valence-electron chi connectivity index (χ1n) is 7.89. The average Bonchev–Trinajstić information content (AvgIpc) is 3.16. The number of anilines is 1. The maximum atomic E-state index is 3.50. The highest BCUT2D eigenvalue weighted by Gasteiger charge is 2.25. The van der Waals surface area contributed by atoms with Gasteiger partial charge in [0.2, 0.25) is 0 Å². The molecule has 1 aromatic rings. The number of nitrogens with zero attached hydrogens (tertiary/aromatic N) is 1. The Hall–Kier alpha value is -1.02. The van der Waals surface area contributed by atoms with Crippen LogP contribution >= 0.6 is 0 Å². The number of fused-ring (bicyclic) bond motifs is 1. The summed E-state index contributed by atoms with van der Waals surface area (Å²) in [5, 5.41) is 3.50. The molecule has 0 bridgehead atoms. The molecule has 2 aliphatic rings. The van der Waals surface area contributed by atoms with E-state index in [0.29, 0.717) is 6.04 Å². The normalized spacial score (nSPS) is 19.6. The smallest absolute Gasteiger partial charge is 0.0399 e. The second-order valence-corrected chi connectivity index (χ2v) is 6.14. The number of hydrogen-bond donors (Lipinski definition) is 1. The van der Waals surface area contributed by atoms with Crippen molar-refractivity contribution in [2.24, 2.45) is 5.92 Å². The van der Waals surface area contributed by atoms with Crippen molar-refractivity contribution < 1.29 is 0 Å². The van der Waals surface area contributed by atoms with Crippen LogP contribution in [0.3, 0.4) is 0 Å². The minimum absolute atomic E-state index is 0.468. The van der Waals surface area contributed by atoms with Crippen molar-refractivity contribution in [3.8, 4) is 0 Å². The molecule has 3 rings (SSSR count). The SMILES string of the molecule is CCNC(C)c1ccc2c(c1)CCN2CCC1CC1. The van der Waals surface area contributed by atoms with Gasteiger partial charge >= 0.3 is 0 Å². The molecule has 0 aromatic heterocycles. The Balaban J connectivity index is 1.68. The van der Waals surface area contributed by atoms with Gasteiger partial charge in [0.15, 0.2) is 0 Å². The van der Waals surface area contributed by atoms with E-state index < -0.39 is 0 Å². The third kappa shape index (κ3) is 2.94. The van der Waals surface area contributed by atoms with Crippen LogP contribution in [0.2, 0.25) is 0 Å². The van der Waals surface area contributed by atoms with Crippen LogP contribution in [0, 0.1) is 5.92 Å². The molecule has 1 fully saturated rings. The highest BCUT2D eigenvalue weighted by molar-refractivity contribution is 5.59. The highest BCUT2D eigenvalue weighted by atomic mass is 15.1. The van der Waals surface area contributed by atoms with E-state index in [0.717, 1.165) is 12.5 Å². The zero-order chi connectivity index (χ0) is 13.2. The molecule has 0 amide bonds. The largest absolute Gasteiger partial charge is 0.371 e. The summed E-state index contributed by atoms with van der Waals surface area (Å²) in [7, 11) is 0. The van der Waals surface area contributed by atoms with E-state index >= 15 is 0 Å². The van der Waals surface area contributed by atoms with E-state index in [1.165, 1.54) is 50.0 Å². The Bertz CT molecular complexity index is 437. The molecule has 1 saturated carbocycles. The van der Waals surface area contributed by atoms with E-state index in [9.17, 15) is 0 Å². The molecule has 0 saturated heterocycles. The van der Waals surface area contributed by atoms with E-state index in [1.54, 1.807) is 5.56 Å². The van der Waals surface area contributed by atoms with Gasteiger partial charge in [-0.1, -0.05) is 31.9 Å². The van der Waals surface area contributed by atoms with Gasteiger partial charge < -0.3 is 10.2 Å². The summed E-state index contributed by atoms with van der Waals surface area (Å²) >= 11 is 0. The van der Waals surface area contributed by atoms with Gasteiger partial charge in [0.25, 0.3) is 0 Å². The fourth-order valence-electron chi connectivity index (χ4n) is 3.16. The first-order chi connectivity index (χ1) is 9.28. The molecule has 1 aliphatic carbocycles. The maximum Gasteiger partial charge on any atom is 0.0399 e. The number of rotatable bonds is 6. The van der Waals surface area contributed by atoms with Gasteiger partial charge in [-0.15, -0.1) is 0 Å². The Morgan fingerprint density at radius 3 is 2.95 bits per heavy atom. The van der Waals surface area contributed by atoms with Crippen LogP contribution in [0.5, 0.6) is 0 Å². The topological polar surface area (TPSA) is 15.3 Å². The van der Waals surface area contributed by atoms with E-state index in [-0.39, 0.29) is 0 Å². The number of hydrogen-bond acceptors (Lipinski definition) is 2. The van der Waals surface area contributed by atoms with Crippen molar-refractivity contribution >= 4 is 5.69 Å². The molecule has 1 aliphatic heterocycles. The Morgan fingerprint density at radius 1 is 1.37 bits per heavy atom. The molecule has 1 atom stereocenters. The minimum atomic E-state index is 0.468. The third-order valence-electron chi connectivity index (χ3n) is 4.61. The van der Waals surface area contributed by atoms with Crippen LogP contribution in [-0.2, 0) is 6.42 Å². The molecular weight excluding hydrogens is 232 g/mol. The van der Waals surface area contributed by atoms with Crippen molar-refractivity contribution in [2.45, 2.75) is 45.6 Å². The molecule has 19 heavy (non-hydrogen) atoms. The molecular formula is C17H26N2. The highest BCUT2D eigenvalue weighted by Crippen LogP contribution is 2.35. The van der Waals surface area contributed by atoms with Crippen LogP contribution in [0.4, 0.5) is 5.69 Å². The molecule has 1 aromatic carbocycles. The quantitative estimate of drug-likeness (QED) is 0.840. The Kier molecular flexibility index (Phi) is 3.79. The van der Waals surface area contributed by atoms with Crippen molar-refractivity contribution in [1.82, 2.24) is 5.32 Å². The van der Waals surface area contributed by atoms with Crippen LogP contribution in [0.1, 0.15) is 50.3 Å². The summed E-state index contributed by atoms with van der Waals surface area (Å²) in [6.45, 7) is 7.95. The van der Waals surface area contributed by atoms with Gasteiger partial charge in [-0.05, 0) is 49.4 Å². The minimum Gasteiger partial charge on any atom is -0.371 e. The standard InChI is InChI=1S/C17H26N2/c1-3-18-13(2)15-6-7-17-16(12-15)9-11-19(17)10-8-14-4-5-14/h6-7,12-14,18H,3-5,8-11H2,1-2H3. The lowest BCUT2D eigenvalue weighted by molar-refractivity contribution is 0.598. The van der Waals surface area contributed by atoms with Gasteiger partial charge in [0.05, 0.1) is 0 Å². The molecule has 2 nitrogen and oxygen atoms in total. The second kappa shape index (κ2) is 5.54. The van der Waals surface area contributed by atoms with Crippen LogP contribution < -0.4 is 10.2 Å². The molecule has 104 valence electrons. The predicted octanol–water partition coefficient (Wildman–Crippen LogP) is 3.52. The fraction of sp³-hybridized carbons (Fsp3) is 0.647. The van der Waals surface area contributed by atoms with Crippen molar-refractivity contribution in [3.63, 3.8) is 0 Å². The maximum absolute atomic E-state index is 3.50. The Morgan fingerprint density at radius 2 is 2.21 bits per heavy atom. The molecule has 1 N–H and O–H groups in total. The predicted molar refractivity (Wildman–Crippen MR) is 81.8 cm³/mol. The molecule has 0 radical (unpaired) electrons. The monoisotopic (exact) mass is 258 g/mol. The van der Waals surface area contributed by atoms with Gasteiger partial charge in [-0.2, -0.15) is 0 Å². The average molecular weight is 258 g/mol. The summed E-state index contributed by atoms with van der Waals surface area (Å²) < 4.78 is 0. The summed E-state index contributed by atoms with van der Waals surface area (Å²) in [5.74, 6) is 1.04. The number of benzene rings is 1. The molecule has 1 heterocycles. The van der Waals surface area contributed by atoms with Crippen molar-refractivity contribution in [3.05, 3.63) is 29.3 Å². The fourth-order valence-corrected chi connectivity index (χ4v) is 3.16. The first kappa shape index (κ1) is 13.0. The lowest BCUT2D eigenvalue weighted by atomic mass is 10.0. The summed E-state index contributed by atoms with van der Waals surface area (Å²) in [6, 6.07) is 7.54.